The Labute approximate surface area is 280 Å². The van der Waals surface area contributed by atoms with Crippen LogP contribution in [-0.2, 0) is 0 Å². The summed E-state index contributed by atoms with van der Waals surface area (Å²) in [5.74, 6) is 0.905. The monoisotopic (exact) mass is 628 g/mol. The highest BCUT2D eigenvalue weighted by Crippen LogP contribution is 2.37. The van der Waals surface area contributed by atoms with Crippen molar-refractivity contribution in [3.05, 3.63) is 173 Å². The quantitative estimate of drug-likeness (QED) is 0.172. The predicted octanol–water partition coefficient (Wildman–Crippen LogP) is 9.72. The van der Waals surface area contributed by atoms with Crippen molar-refractivity contribution in [2.24, 2.45) is 4.99 Å². The maximum atomic E-state index is 5.24. The smallest absolute Gasteiger partial charge is 0.145 e. The number of fused-ring (bicyclic) bond motifs is 1. The van der Waals surface area contributed by atoms with Crippen molar-refractivity contribution in [3.8, 4) is 22.3 Å². The van der Waals surface area contributed by atoms with Crippen molar-refractivity contribution in [2.75, 3.05) is 5.88 Å². The van der Waals surface area contributed by atoms with E-state index in [-0.39, 0.29) is 11.5 Å². The molecular formula is C42H36N4S. The minimum absolute atomic E-state index is 0.169. The van der Waals surface area contributed by atoms with E-state index in [9.17, 15) is 0 Å². The maximum absolute atomic E-state index is 5.24. The molecule has 2 unspecified atom stereocenters. The van der Waals surface area contributed by atoms with Gasteiger partial charge in [0.2, 0.25) is 0 Å². The summed E-state index contributed by atoms with van der Waals surface area (Å²) in [6.45, 7) is 4.32. The topological polar surface area (TPSA) is 48.5 Å². The summed E-state index contributed by atoms with van der Waals surface area (Å²) >= 11 is 1.87. The second-order valence-electron chi connectivity index (χ2n) is 12.3. The zero-order valence-corrected chi connectivity index (χ0v) is 27.3. The van der Waals surface area contributed by atoms with E-state index in [1.807, 2.05) is 11.8 Å². The number of allylic oxidation sites excluding steroid dienone is 1. The summed E-state index contributed by atoms with van der Waals surface area (Å²) in [6.07, 6.45) is 2.03. The van der Waals surface area contributed by atoms with Crippen LogP contribution in [0.4, 0.5) is 0 Å². The molecule has 4 nitrogen and oxygen atoms in total. The minimum Gasteiger partial charge on any atom is -0.359 e. The fourth-order valence-corrected chi connectivity index (χ4v) is 7.50. The highest BCUT2D eigenvalue weighted by Gasteiger charge is 2.22. The third-order valence-corrected chi connectivity index (χ3v) is 10.2. The lowest BCUT2D eigenvalue weighted by Gasteiger charge is -2.26. The van der Waals surface area contributed by atoms with Gasteiger partial charge in [-0.15, -0.1) is 11.8 Å². The van der Waals surface area contributed by atoms with Crippen molar-refractivity contribution in [1.29, 1.82) is 0 Å². The Bertz CT molecular complexity index is 2160. The molecule has 47 heavy (non-hydrogen) atoms. The summed E-state index contributed by atoms with van der Waals surface area (Å²) in [6, 6.07) is 48.2. The molecule has 0 aromatic heterocycles. The zero-order chi connectivity index (χ0) is 31.7. The van der Waals surface area contributed by atoms with E-state index < -0.39 is 0 Å². The fourth-order valence-electron chi connectivity index (χ4n) is 6.66. The molecule has 1 fully saturated rings. The second kappa shape index (κ2) is 12.7. The Morgan fingerprint density at radius 3 is 2.21 bits per heavy atom. The van der Waals surface area contributed by atoms with Crippen molar-refractivity contribution in [2.45, 2.75) is 25.4 Å². The van der Waals surface area contributed by atoms with Gasteiger partial charge in [0.15, 0.2) is 0 Å². The average molecular weight is 629 g/mol. The normalized spacial score (nSPS) is 17.7. The van der Waals surface area contributed by atoms with Crippen LogP contribution in [0.3, 0.4) is 0 Å². The first kappa shape index (κ1) is 29.5. The number of aryl methyl sites for hydroxylation is 2. The number of hydrogen-bond acceptors (Lipinski definition) is 5. The van der Waals surface area contributed by atoms with Crippen molar-refractivity contribution < 1.29 is 0 Å². The van der Waals surface area contributed by atoms with Crippen LogP contribution in [0.5, 0.6) is 0 Å². The third kappa shape index (κ3) is 5.90. The van der Waals surface area contributed by atoms with E-state index in [4.69, 9.17) is 4.99 Å². The van der Waals surface area contributed by atoms with Crippen LogP contribution in [0.25, 0.3) is 38.7 Å². The average Bonchev–Trinajstić information content (AvgIpc) is 3.67. The molecule has 0 amide bonds. The third-order valence-electron chi connectivity index (χ3n) is 9.19. The van der Waals surface area contributed by atoms with E-state index in [0.29, 0.717) is 0 Å². The molecule has 6 aromatic rings. The summed E-state index contributed by atoms with van der Waals surface area (Å²) in [5.41, 5.74) is 20.8. The van der Waals surface area contributed by atoms with Crippen molar-refractivity contribution in [1.82, 2.24) is 16.2 Å². The predicted molar refractivity (Wildman–Crippen MR) is 199 cm³/mol. The van der Waals surface area contributed by atoms with Crippen LogP contribution in [0.15, 0.2) is 145 Å². The Hall–Kier alpha value is -4.94. The van der Waals surface area contributed by atoms with Crippen LogP contribution >= 0.6 is 11.8 Å². The molecule has 0 radical (unpaired) electrons. The highest BCUT2D eigenvalue weighted by atomic mass is 32.2. The first-order valence-corrected chi connectivity index (χ1v) is 17.2. The number of thioether (sulfide) groups is 1. The number of nitrogens with one attached hydrogen (secondary N) is 3. The van der Waals surface area contributed by atoms with Gasteiger partial charge in [-0.2, -0.15) is 0 Å². The van der Waals surface area contributed by atoms with Gasteiger partial charge < -0.3 is 5.32 Å². The lowest BCUT2D eigenvalue weighted by Crippen LogP contribution is -2.25. The first-order chi connectivity index (χ1) is 23.1. The second-order valence-corrected chi connectivity index (χ2v) is 13.3. The van der Waals surface area contributed by atoms with E-state index in [2.05, 4.69) is 170 Å². The lowest BCUT2D eigenvalue weighted by atomic mass is 9.91. The first-order valence-electron chi connectivity index (χ1n) is 16.1. The molecule has 8 rings (SSSR count). The van der Waals surface area contributed by atoms with Gasteiger partial charge in [-0.25, -0.2) is 10.9 Å². The van der Waals surface area contributed by atoms with Gasteiger partial charge in [-0.3, -0.25) is 4.99 Å². The molecule has 0 aliphatic carbocycles. The SMILES string of the molecule is Cc1ccccc1C1=CC(c2ccc(-c3cc(-c4cccc(C5NNCS5)c4)c4ccccc4c3)cc2)=NC(c2ccccc2C)N1. The Morgan fingerprint density at radius 1 is 0.638 bits per heavy atom. The number of hydrogen-bond donors (Lipinski definition) is 3. The Kier molecular flexibility index (Phi) is 7.95. The minimum atomic E-state index is -0.169. The Balaban J connectivity index is 1.18. The van der Waals surface area contributed by atoms with Gasteiger partial charge in [-0.1, -0.05) is 115 Å². The number of hydrazine groups is 1. The van der Waals surface area contributed by atoms with Crippen LogP contribution in [0.2, 0.25) is 0 Å². The molecule has 2 aliphatic rings. The lowest BCUT2D eigenvalue weighted by molar-refractivity contribution is 0.609. The van der Waals surface area contributed by atoms with Crippen LogP contribution in [0.1, 0.15) is 44.9 Å². The number of nitrogens with zero attached hydrogens (tertiary/aromatic N) is 1. The molecule has 3 N–H and O–H groups in total. The summed E-state index contributed by atoms with van der Waals surface area (Å²) < 4.78 is 0. The van der Waals surface area contributed by atoms with Gasteiger partial charge in [0, 0.05) is 11.3 Å². The molecule has 1 saturated heterocycles. The van der Waals surface area contributed by atoms with E-state index >= 15 is 0 Å². The zero-order valence-electron chi connectivity index (χ0n) is 26.5. The van der Waals surface area contributed by atoms with Gasteiger partial charge >= 0.3 is 0 Å². The summed E-state index contributed by atoms with van der Waals surface area (Å²) in [7, 11) is 0. The van der Waals surface area contributed by atoms with Gasteiger partial charge in [-0.05, 0) is 99.0 Å². The van der Waals surface area contributed by atoms with Crippen molar-refractivity contribution >= 4 is 33.9 Å². The van der Waals surface area contributed by atoms with Crippen molar-refractivity contribution in [3.63, 3.8) is 0 Å². The largest absolute Gasteiger partial charge is 0.359 e. The highest BCUT2D eigenvalue weighted by molar-refractivity contribution is 7.99. The number of rotatable bonds is 6. The summed E-state index contributed by atoms with van der Waals surface area (Å²) in [4.78, 5) is 5.24. The standard InChI is InChI=1S/C42H36N4S/c1-27-10-3-6-15-35(27)40-25-39(44-41(45-40)36-16-7-4-11-28(36)2)30-20-18-29(19-21-30)34-23-31-12-5-8-17-37(31)38(24-34)32-13-9-14-33(22-32)42-46-43-26-47-42/h3-25,41-43,45-46H,26H2,1-2H3. The molecule has 2 atom stereocenters. The number of aliphatic imine (C=N–C) groups is 1. The number of benzene rings is 6. The van der Waals surface area contributed by atoms with Crippen LogP contribution in [-0.4, -0.2) is 11.6 Å². The van der Waals surface area contributed by atoms with Gasteiger partial charge in [0.1, 0.15) is 6.17 Å². The molecule has 6 aromatic carbocycles. The van der Waals surface area contributed by atoms with E-state index in [0.717, 1.165) is 22.8 Å². The van der Waals surface area contributed by atoms with Crippen LogP contribution < -0.4 is 16.2 Å². The fraction of sp³-hybridized carbons (Fsp3) is 0.119. The molecule has 0 spiro atoms. The molecule has 0 saturated carbocycles. The van der Waals surface area contributed by atoms with E-state index in [1.54, 1.807) is 0 Å². The van der Waals surface area contributed by atoms with Gasteiger partial charge in [0.25, 0.3) is 0 Å². The van der Waals surface area contributed by atoms with E-state index in [1.165, 1.54) is 60.8 Å². The molecule has 2 heterocycles. The van der Waals surface area contributed by atoms with Gasteiger partial charge in [0.05, 0.1) is 17.0 Å². The molecule has 5 heteroatoms. The maximum Gasteiger partial charge on any atom is 0.145 e. The Morgan fingerprint density at radius 2 is 1.40 bits per heavy atom. The van der Waals surface area contributed by atoms with Crippen LogP contribution in [0, 0.1) is 13.8 Å². The molecule has 2 aliphatic heterocycles. The molecule has 230 valence electrons. The molecular weight excluding hydrogens is 593 g/mol. The summed E-state index contributed by atoms with van der Waals surface area (Å²) in [5, 5.41) is 6.48. The molecule has 0 bridgehead atoms.